The van der Waals surface area contributed by atoms with Gasteiger partial charge < -0.3 is 31.1 Å². The van der Waals surface area contributed by atoms with Crippen LogP contribution in [-0.4, -0.2) is 65.6 Å². The Labute approximate surface area is 248 Å². The van der Waals surface area contributed by atoms with E-state index in [4.69, 9.17) is 9.84 Å². The molecule has 5 N–H and O–H groups in total. The van der Waals surface area contributed by atoms with E-state index in [1.165, 1.54) is 14.0 Å². The molecule has 0 bridgehead atoms. The Morgan fingerprint density at radius 3 is 2.18 bits per heavy atom. The van der Waals surface area contributed by atoms with Crippen LogP contribution >= 0.6 is 0 Å². The third kappa shape index (κ3) is 9.75. The first-order chi connectivity index (χ1) is 18.1. The molecular formula is C28H31N4NaO6. The molecular weight excluding hydrogens is 511 g/mol. The number of carbonyl (C=O) groups is 4. The first-order valence-electron chi connectivity index (χ1n) is 11.8. The Hall–Kier alpha value is -3.86. The van der Waals surface area contributed by atoms with Gasteiger partial charge in [-0.15, -0.1) is 0 Å². The minimum atomic E-state index is -1.04. The number of aliphatic carboxylic acids is 1. The first-order valence-corrected chi connectivity index (χ1v) is 11.8. The van der Waals surface area contributed by atoms with Crippen LogP contribution in [0.25, 0.3) is 0 Å². The van der Waals surface area contributed by atoms with Crippen LogP contribution in [0.3, 0.4) is 0 Å². The van der Waals surface area contributed by atoms with Gasteiger partial charge in [-0.05, 0) is 53.9 Å². The number of rotatable bonds is 10. The summed E-state index contributed by atoms with van der Waals surface area (Å²) in [5.41, 5.74) is 3.88. The van der Waals surface area contributed by atoms with Crippen LogP contribution in [-0.2, 0) is 20.8 Å². The molecule has 0 aliphatic rings. The van der Waals surface area contributed by atoms with Crippen molar-refractivity contribution in [1.82, 2.24) is 5.32 Å². The van der Waals surface area contributed by atoms with Crippen molar-refractivity contribution in [3.05, 3.63) is 83.4 Å². The number of hydrogen-bond donors (Lipinski definition) is 5. The average molecular weight is 543 g/mol. The zero-order chi connectivity index (χ0) is 27.7. The Morgan fingerprint density at radius 1 is 0.897 bits per heavy atom. The van der Waals surface area contributed by atoms with E-state index in [1.807, 2.05) is 25.1 Å². The number of carbonyl (C=O) groups excluding carboxylic acids is 3. The summed E-state index contributed by atoms with van der Waals surface area (Å²) in [6, 6.07) is 18.0. The topological polar surface area (TPSA) is 146 Å². The average Bonchev–Trinajstić information content (AvgIpc) is 2.86. The van der Waals surface area contributed by atoms with Gasteiger partial charge in [-0.25, -0.2) is 4.79 Å². The van der Waals surface area contributed by atoms with Crippen molar-refractivity contribution >= 4 is 70.4 Å². The number of urea groups is 1. The van der Waals surface area contributed by atoms with Crippen LogP contribution in [0.15, 0.2) is 66.7 Å². The summed E-state index contributed by atoms with van der Waals surface area (Å²) in [5, 5.41) is 20.1. The van der Waals surface area contributed by atoms with Crippen LogP contribution in [0.2, 0.25) is 0 Å². The molecule has 0 aromatic heterocycles. The van der Waals surface area contributed by atoms with Gasteiger partial charge in [0.15, 0.2) is 0 Å². The minimum absolute atomic E-state index is 0. The molecule has 4 amide bonds. The molecule has 0 aliphatic carbocycles. The Morgan fingerprint density at radius 2 is 1.56 bits per heavy atom. The van der Waals surface area contributed by atoms with Crippen LogP contribution < -0.4 is 26.0 Å². The van der Waals surface area contributed by atoms with Gasteiger partial charge in [-0.1, -0.05) is 36.4 Å². The molecule has 0 aliphatic heterocycles. The number of benzene rings is 3. The molecule has 0 saturated heterocycles. The fourth-order valence-electron chi connectivity index (χ4n) is 3.80. The van der Waals surface area contributed by atoms with Crippen LogP contribution in [0.5, 0.6) is 5.75 Å². The molecule has 3 rings (SSSR count). The van der Waals surface area contributed by atoms with Crippen molar-refractivity contribution in [3.8, 4) is 5.75 Å². The Kier molecular flexibility index (Phi) is 12.0. The number of hydrogen-bond acceptors (Lipinski definition) is 5. The predicted molar refractivity (Wildman–Crippen MR) is 152 cm³/mol. The maximum atomic E-state index is 12.6. The van der Waals surface area contributed by atoms with E-state index in [9.17, 15) is 19.2 Å². The number of ether oxygens (including phenoxy) is 1. The van der Waals surface area contributed by atoms with Gasteiger partial charge in [0.25, 0.3) is 0 Å². The second-order valence-electron chi connectivity index (χ2n) is 8.63. The van der Waals surface area contributed by atoms with Crippen molar-refractivity contribution in [2.75, 3.05) is 23.1 Å². The van der Waals surface area contributed by atoms with Gasteiger partial charge >= 0.3 is 41.6 Å². The van der Waals surface area contributed by atoms with Gasteiger partial charge in [0, 0.05) is 18.3 Å². The van der Waals surface area contributed by atoms with Gasteiger partial charge in [-0.2, -0.15) is 0 Å². The van der Waals surface area contributed by atoms with Crippen LogP contribution in [0.1, 0.15) is 36.1 Å². The molecule has 0 saturated carbocycles. The number of carboxylic acid groups (broad SMARTS) is 1. The van der Waals surface area contributed by atoms with Gasteiger partial charge in [0.05, 0.1) is 31.7 Å². The molecule has 0 fully saturated rings. The molecule has 1 atom stereocenters. The SMILES string of the molecule is COc1cc(CC(=O)Nc2ccc([C@@H](CC(=O)O)NC(C)=O)cc2)ccc1NC(=O)Nc1ccccc1C.[NaH]. The van der Waals surface area contributed by atoms with Gasteiger partial charge in [0.1, 0.15) is 5.75 Å². The van der Waals surface area contributed by atoms with E-state index in [1.54, 1.807) is 48.5 Å². The summed E-state index contributed by atoms with van der Waals surface area (Å²) in [6.07, 6.45) is -0.202. The van der Waals surface area contributed by atoms with Crippen molar-refractivity contribution in [2.24, 2.45) is 0 Å². The molecule has 3 aromatic rings. The quantitative estimate of drug-likeness (QED) is 0.246. The number of methoxy groups -OCH3 is 1. The summed E-state index contributed by atoms with van der Waals surface area (Å²) in [6.45, 7) is 3.22. The van der Waals surface area contributed by atoms with E-state index in [0.717, 1.165) is 5.56 Å². The van der Waals surface area contributed by atoms with Crippen molar-refractivity contribution in [2.45, 2.75) is 32.7 Å². The molecule has 10 nitrogen and oxygen atoms in total. The third-order valence-corrected chi connectivity index (χ3v) is 5.63. The summed E-state index contributed by atoms with van der Waals surface area (Å²) < 4.78 is 5.41. The standard InChI is InChI=1S/C28H30N4O6.Na.H/c1-17-6-4-5-7-22(17)31-28(37)32-23-13-8-19(14-25(23)38-3)15-26(34)30-21-11-9-20(10-12-21)24(16-27(35)36)29-18(2)33;;/h4-14,24H,15-16H2,1-3H3,(H,29,33)(H,30,34)(H,35,36)(H2,31,32,37);;/t24-;;/m1../s1. The van der Waals surface area contributed by atoms with E-state index in [-0.39, 0.29) is 54.2 Å². The summed E-state index contributed by atoms with van der Waals surface area (Å²) in [4.78, 5) is 47.6. The normalized spacial score (nSPS) is 10.8. The number of carboxylic acids is 1. The van der Waals surface area contributed by atoms with Crippen LogP contribution in [0.4, 0.5) is 21.9 Å². The monoisotopic (exact) mass is 542 g/mol. The number of anilines is 3. The fourth-order valence-corrected chi connectivity index (χ4v) is 3.80. The number of amides is 4. The second-order valence-corrected chi connectivity index (χ2v) is 8.63. The van der Waals surface area contributed by atoms with Gasteiger partial charge in [-0.3, -0.25) is 14.4 Å². The van der Waals surface area contributed by atoms with E-state index < -0.39 is 18.0 Å². The van der Waals surface area contributed by atoms with Crippen molar-refractivity contribution < 1.29 is 29.0 Å². The maximum absolute atomic E-state index is 12.6. The first kappa shape index (κ1) is 31.4. The molecule has 0 heterocycles. The third-order valence-electron chi connectivity index (χ3n) is 5.63. The fraction of sp³-hybridized carbons (Fsp3) is 0.214. The zero-order valence-corrected chi connectivity index (χ0v) is 21.3. The number of para-hydroxylation sites is 1. The van der Waals surface area contributed by atoms with E-state index in [0.29, 0.717) is 33.9 Å². The Balaban J connectivity index is 0.00000533. The summed E-state index contributed by atoms with van der Waals surface area (Å²) >= 11 is 0. The Bertz CT molecular complexity index is 1310. The van der Waals surface area contributed by atoms with Crippen molar-refractivity contribution in [1.29, 1.82) is 0 Å². The van der Waals surface area contributed by atoms with Gasteiger partial charge in [0.2, 0.25) is 11.8 Å². The van der Waals surface area contributed by atoms with Crippen molar-refractivity contribution in [3.63, 3.8) is 0 Å². The predicted octanol–water partition coefficient (Wildman–Crippen LogP) is 3.83. The summed E-state index contributed by atoms with van der Waals surface area (Å²) in [5.74, 6) is -1.24. The molecule has 3 aromatic carbocycles. The number of aryl methyl sites for hydroxylation is 1. The number of nitrogens with one attached hydrogen (secondary N) is 4. The summed E-state index contributed by atoms with van der Waals surface area (Å²) in [7, 11) is 1.48. The molecule has 11 heteroatoms. The molecule has 0 radical (unpaired) electrons. The van der Waals surface area contributed by atoms with E-state index >= 15 is 0 Å². The molecule has 39 heavy (non-hydrogen) atoms. The molecule has 200 valence electrons. The van der Waals surface area contributed by atoms with Crippen LogP contribution in [0, 0.1) is 6.92 Å². The second kappa shape index (κ2) is 14.9. The molecule has 0 unspecified atom stereocenters. The molecule has 0 spiro atoms. The zero-order valence-electron chi connectivity index (χ0n) is 21.3. The van der Waals surface area contributed by atoms with E-state index in [2.05, 4.69) is 21.3 Å².